The minimum atomic E-state index is -0.750. The third-order valence-electron chi connectivity index (χ3n) is 0.498. The average Bonchev–Trinajstić information content (AvgIpc) is 1.56. The molecule has 0 aromatic rings. The number of ketones is 2. The topological polar surface area (TPSA) is 34.1 Å². The van der Waals surface area contributed by atoms with Gasteiger partial charge in [0.15, 0.2) is 4.30 Å². The van der Waals surface area contributed by atoms with E-state index in [0.717, 1.165) is 0 Å². The van der Waals surface area contributed by atoms with Crippen molar-refractivity contribution in [2.45, 2.75) is 24.6 Å². The van der Waals surface area contributed by atoms with Crippen LogP contribution in [0.3, 0.4) is 0 Å². The largest absolute Gasteiger partial charge is 0.300 e. The molecule has 0 bridgehead atoms. The molecule has 0 saturated heterocycles. The van der Waals surface area contributed by atoms with Gasteiger partial charge in [0.05, 0.1) is 6.42 Å². The maximum atomic E-state index is 10.0. The van der Waals surface area contributed by atoms with Gasteiger partial charge in [0.2, 0.25) is 0 Å². The minimum Gasteiger partial charge on any atom is -0.300 e. The van der Waals surface area contributed by atoms with Gasteiger partial charge in [0.25, 0.3) is 0 Å². The van der Waals surface area contributed by atoms with Crippen LogP contribution in [0.2, 0.25) is 0 Å². The van der Waals surface area contributed by atoms with E-state index >= 15 is 0 Å². The van der Waals surface area contributed by atoms with Gasteiger partial charge in [-0.3, -0.25) is 9.59 Å². The van der Waals surface area contributed by atoms with Crippen molar-refractivity contribution >= 4 is 46.4 Å². The molecule has 2 nitrogen and oxygen atoms in total. The second kappa shape index (κ2) is 8.31. The SMILES string of the molecule is CC(=O)CC(C)=O.ClC(Cl)Cl. The molecule has 0 aliphatic heterocycles. The number of hydrogen-bond acceptors (Lipinski definition) is 2. The molecule has 0 aromatic carbocycles. The summed E-state index contributed by atoms with van der Waals surface area (Å²) in [4.78, 5) is 20.1. The van der Waals surface area contributed by atoms with Crippen LogP contribution in [0.15, 0.2) is 0 Å². The molecule has 66 valence electrons. The first-order valence-electron chi connectivity index (χ1n) is 2.77. The van der Waals surface area contributed by atoms with Crippen molar-refractivity contribution in [2.24, 2.45) is 0 Å². The highest BCUT2D eigenvalue weighted by Gasteiger charge is 1.94. The normalized spacial score (nSPS) is 8.55. The Hall–Kier alpha value is 0.210. The van der Waals surface area contributed by atoms with Gasteiger partial charge in [-0.25, -0.2) is 0 Å². The molecule has 0 saturated carbocycles. The van der Waals surface area contributed by atoms with Gasteiger partial charge in [0, 0.05) is 0 Å². The molecule has 0 aromatic heterocycles. The van der Waals surface area contributed by atoms with Gasteiger partial charge >= 0.3 is 0 Å². The van der Waals surface area contributed by atoms with Crippen molar-refractivity contribution < 1.29 is 9.59 Å². The van der Waals surface area contributed by atoms with E-state index < -0.39 is 4.30 Å². The van der Waals surface area contributed by atoms with Gasteiger partial charge in [-0.2, -0.15) is 0 Å². The summed E-state index contributed by atoms with van der Waals surface area (Å²) in [5, 5.41) is 0. The standard InChI is InChI=1S/C5H8O2.CHCl3/c1-4(6)3-5(2)7;2-1(3)4/h3H2,1-2H3;1H. The Morgan fingerprint density at radius 2 is 1.27 bits per heavy atom. The fraction of sp³-hybridized carbons (Fsp3) is 0.667. The molecule has 0 rings (SSSR count). The fourth-order valence-corrected chi connectivity index (χ4v) is 0.351. The van der Waals surface area contributed by atoms with Crippen LogP contribution in [0.25, 0.3) is 0 Å². The van der Waals surface area contributed by atoms with Gasteiger partial charge in [-0.05, 0) is 13.8 Å². The Morgan fingerprint density at radius 1 is 1.09 bits per heavy atom. The second-order valence-electron chi connectivity index (χ2n) is 1.83. The number of Topliss-reactive ketones (excluding diaryl/α,β-unsaturated/α-hetero) is 2. The summed E-state index contributed by atoms with van der Waals surface area (Å²) in [6, 6.07) is 0. The molecular weight excluding hydrogens is 210 g/mol. The van der Waals surface area contributed by atoms with E-state index in [0.29, 0.717) is 0 Å². The molecule has 0 radical (unpaired) electrons. The number of carbonyl (C=O) groups excluding carboxylic acids is 2. The molecule has 0 heterocycles. The highest BCUT2D eigenvalue weighted by molar-refractivity contribution is 6.63. The van der Waals surface area contributed by atoms with Crippen molar-refractivity contribution in [1.82, 2.24) is 0 Å². The van der Waals surface area contributed by atoms with E-state index in [1.165, 1.54) is 13.8 Å². The summed E-state index contributed by atoms with van der Waals surface area (Å²) in [5.74, 6) is -0.125. The zero-order valence-corrected chi connectivity index (χ0v) is 8.50. The third kappa shape index (κ3) is 38.8. The van der Waals surface area contributed by atoms with Crippen LogP contribution in [0, 0.1) is 0 Å². The van der Waals surface area contributed by atoms with Crippen molar-refractivity contribution in [3.8, 4) is 0 Å². The predicted molar refractivity (Wildman–Crippen MR) is 47.3 cm³/mol. The van der Waals surface area contributed by atoms with E-state index in [-0.39, 0.29) is 18.0 Å². The van der Waals surface area contributed by atoms with Crippen LogP contribution >= 0.6 is 34.8 Å². The number of rotatable bonds is 2. The van der Waals surface area contributed by atoms with E-state index in [1.54, 1.807) is 0 Å². The molecule has 11 heavy (non-hydrogen) atoms. The quantitative estimate of drug-likeness (QED) is 0.528. The van der Waals surface area contributed by atoms with Crippen LogP contribution < -0.4 is 0 Å². The van der Waals surface area contributed by atoms with Crippen LogP contribution in [-0.4, -0.2) is 15.9 Å². The van der Waals surface area contributed by atoms with Gasteiger partial charge < -0.3 is 0 Å². The Kier molecular flexibility index (Phi) is 10.4. The molecule has 0 N–H and O–H groups in total. The van der Waals surface area contributed by atoms with E-state index in [1.807, 2.05) is 0 Å². The van der Waals surface area contributed by atoms with Crippen molar-refractivity contribution in [3.63, 3.8) is 0 Å². The Labute approximate surface area is 80.8 Å². The molecule has 0 aliphatic rings. The monoisotopic (exact) mass is 218 g/mol. The molecule has 0 spiro atoms. The number of hydrogen-bond donors (Lipinski definition) is 0. The molecule has 0 atom stereocenters. The van der Waals surface area contributed by atoms with E-state index in [2.05, 4.69) is 0 Å². The van der Waals surface area contributed by atoms with E-state index in [9.17, 15) is 9.59 Å². The molecule has 5 heteroatoms. The van der Waals surface area contributed by atoms with Crippen LogP contribution in [-0.2, 0) is 9.59 Å². The summed E-state index contributed by atoms with van der Waals surface area (Å²) in [5.41, 5.74) is 0. The smallest absolute Gasteiger partial charge is 0.180 e. The first kappa shape index (κ1) is 13.8. The lowest BCUT2D eigenvalue weighted by Crippen LogP contribution is -1.97. The molecule has 0 fully saturated rings. The number of alkyl halides is 3. The lowest BCUT2D eigenvalue weighted by atomic mass is 10.2. The molecule has 0 amide bonds. The number of halogens is 3. The Bertz CT molecular complexity index is 119. The predicted octanol–water partition coefficient (Wildman–Crippen LogP) is 2.54. The molecule has 0 unspecified atom stereocenters. The second-order valence-corrected chi connectivity index (χ2v) is 3.81. The summed E-state index contributed by atoms with van der Waals surface area (Å²) < 4.78 is -0.750. The maximum Gasteiger partial charge on any atom is 0.180 e. The first-order chi connectivity index (χ1) is 4.86. The lowest BCUT2D eigenvalue weighted by molar-refractivity contribution is -0.124. The number of carbonyl (C=O) groups is 2. The van der Waals surface area contributed by atoms with Crippen molar-refractivity contribution in [3.05, 3.63) is 0 Å². The summed E-state index contributed by atoms with van der Waals surface area (Å²) in [6.07, 6.45) is 0.0833. The minimum absolute atomic E-state index is 0.0625. The molecular formula is C6H9Cl3O2. The summed E-state index contributed by atoms with van der Waals surface area (Å²) in [7, 11) is 0. The van der Waals surface area contributed by atoms with E-state index in [4.69, 9.17) is 34.8 Å². The zero-order valence-electron chi connectivity index (χ0n) is 6.23. The fourth-order valence-electron chi connectivity index (χ4n) is 0.351. The van der Waals surface area contributed by atoms with Crippen LogP contribution in [0.1, 0.15) is 20.3 Å². The van der Waals surface area contributed by atoms with Crippen LogP contribution in [0.4, 0.5) is 0 Å². The van der Waals surface area contributed by atoms with Gasteiger partial charge in [-0.1, -0.05) is 34.8 Å². The Morgan fingerprint density at radius 3 is 1.27 bits per heavy atom. The van der Waals surface area contributed by atoms with Crippen molar-refractivity contribution in [2.75, 3.05) is 0 Å². The summed E-state index contributed by atoms with van der Waals surface area (Å²) >= 11 is 14.4. The third-order valence-corrected chi connectivity index (χ3v) is 0.498. The summed E-state index contributed by atoms with van der Waals surface area (Å²) in [6.45, 7) is 2.81. The lowest BCUT2D eigenvalue weighted by Gasteiger charge is -1.81. The average molecular weight is 219 g/mol. The van der Waals surface area contributed by atoms with Gasteiger partial charge in [-0.15, -0.1) is 0 Å². The van der Waals surface area contributed by atoms with Gasteiger partial charge in [0.1, 0.15) is 11.6 Å². The first-order valence-corrected chi connectivity index (χ1v) is 4.08. The van der Waals surface area contributed by atoms with Crippen LogP contribution in [0.5, 0.6) is 0 Å². The molecule has 0 aliphatic carbocycles. The highest BCUT2D eigenvalue weighted by atomic mass is 35.6. The Balaban J connectivity index is 0. The highest BCUT2D eigenvalue weighted by Crippen LogP contribution is 2.03. The zero-order chi connectivity index (χ0) is 9.44. The van der Waals surface area contributed by atoms with Crippen molar-refractivity contribution in [1.29, 1.82) is 0 Å². The maximum absolute atomic E-state index is 10.0.